The minimum Gasteiger partial charge on any atom is -0.347 e. The number of rotatable bonds is 7. The van der Waals surface area contributed by atoms with Gasteiger partial charge in [-0.2, -0.15) is 5.10 Å². The van der Waals surface area contributed by atoms with Gasteiger partial charge in [0.15, 0.2) is 0 Å². The van der Waals surface area contributed by atoms with E-state index in [1.165, 1.54) is 0 Å². The molecule has 0 aliphatic carbocycles. The molecule has 0 spiro atoms. The highest BCUT2D eigenvalue weighted by Crippen LogP contribution is 2.13. The number of aromatic nitrogens is 2. The largest absolute Gasteiger partial charge is 0.347 e. The third-order valence-corrected chi connectivity index (χ3v) is 3.95. The van der Waals surface area contributed by atoms with E-state index >= 15 is 0 Å². The summed E-state index contributed by atoms with van der Waals surface area (Å²) in [5.74, 6) is -0.247. The van der Waals surface area contributed by atoms with Crippen LogP contribution in [0.5, 0.6) is 0 Å². The maximum Gasteiger partial charge on any atom is 0.272 e. The monoisotopic (exact) mass is 328 g/mol. The van der Waals surface area contributed by atoms with E-state index in [-0.39, 0.29) is 17.7 Å². The van der Waals surface area contributed by atoms with Crippen molar-refractivity contribution in [1.82, 2.24) is 15.5 Å². The highest BCUT2D eigenvalue weighted by Gasteiger charge is 2.12. The van der Waals surface area contributed by atoms with Crippen LogP contribution in [0.15, 0.2) is 30.3 Å². The molecule has 6 heteroatoms. The predicted molar refractivity (Wildman–Crippen MR) is 93.7 cm³/mol. The van der Waals surface area contributed by atoms with Gasteiger partial charge in [-0.15, -0.1) is 0 Å². The quantitative estimate of drug-likeness (QED) is 0.730. The molecule has 2 aromatic rings. The average molecular weight is 328 g/mol. The summed E-state index contributed by atoms with van der Waals surface area (Å²) in [7, 11) is 0. The smallest absolute Gasteiger partial charge is 0.272 e. The normalized spacial score (nSPS) is 11.8. The molecule has 128 valence electrons. The minimum atomic E-state index is -0.222. The summed E-state index contributed by atoms with van der Waals surface area (Å²) in [5.41, 5.74) is 2.96. The molecule has 3 N–H and O–H groups in total. The summed E-state index contributed by atoms with van der Waals surface area (Å²) in [6.07, 6.45) is 1.60. The van der Waals surface area contributed by atoms with E-state index in [4.69, 9.17) is 0 Å². The second-order valence-electron chi connectivity index (χ2n) is 5.81. The Morgan fingerprint density at radius 3 is 2.71 bits per heavy atom. The van der Waals surface area contributed by atoms with Crippen LogP contribution >= 0.6 is 0 Å². The summed E-state index contributed by atoms with van der Waals surface area (Å²) < 4.78 is 0. The number of benzene rings is 1. The number of carbonyl (C=O) groups is 2. The lowest BCUT2D eigenvalue weighted by Crippen LogP contribution is -2.23. The van der Waals surface area contributed by atoms with Gasteiger partial charge in [0.25, 0.3) is 5.91 Å². The minimum absolute atomic E-state index is 0.00213. The molecule has 0 fully saturated rings. The van der Waals surface area contributed by atoms with Gasteiger partial charge in [-0.1, -0.05) is 32.9 Å². The first-order valence-electron chi connectivity index (χ1n) is 8.25. The summed E-state index contributed by atoms with van der Waals surface area (Å²) >= 11 is 0. The summed E-state index contributed by atoms with van der Waals surface area (Å²) in [5, 5.41) is 12.5. The van der Waals surface area contributed by atoms with Crippen LogP contribution in [0.4, 0.5) is 5.69 Å². The Kier molecular flexibility index (Phi) is 6.12. The molecule has 0 saturated carbocycles. The van der Waals surface area contributed by atoms with Gasteiger partial charge in [0.2, 0.25) is 5.91 Å². The third kappa shape index (κ3) is 4.68. The van der Waals surface area contributed by atoms with Crippen molar-refractivity contribution in [3.05, 3.63) is 47.3 Å². The van der Waals surface area contributed by atoms with Gasteiger partial charge in [-0.25, -0.2) is 0 Å². The van der Waals surface area contributed by atoms with Gasteiger partial charge in [-0.3, -0.25) is 14.7 Å². The van der Waals surface area contributed by atoms with Crippen LogP contribution in [0.25, 0.3) is 0 Å². The van der Waals surface area contributed by atoms with E-state index in [1.54, 1.807) is 6.07 Å². The van der Waals surface area contributed by atoms with Crippen LogP contribution in [0.1, 0.15) is 48.9 Å². The zero-order valence-electron chi connectivity index (χ0n) is 14.3. The lowest BCUT2D eigenvalue weighted by atomic mass is 10.1. The molecule has 0 bridgehead atoms. The van der Waals surface area contributed by atoms with Gasteiger partial charge in [-0.05, 0) is 36.6 Å². The van der Waals surface area contributed by atoms with Crippen LogP contribution in [0.2, 0.25) is 0 Å². The molecule has 2 rings (SSSR count). The van der Waals surface area contributed by atoms with Crippen molar-refractivity contribution in [2.45, 2.75) is 40.2 Å². The predicted octanol–water partition coefficient (Wildman–Crippen LogP) is 2.89. The fourth-order valence-corrected chi connectivity index (χ4v) is 2.14. The molecule has 1 aromatic heterocycles. The summed E-state index contributed by atoms with van der Waals surface area (Å²) in [4.78, 5) is 24.0. The zero-order chi connectivity index (χ0) is 17.5. The lowest BCUT2D eigenvalue weighted by molar-refractivity contribution is -0.119. The molecule has 1 heterocycles. The van der Waals surface area contributed by atoms with Crippen LogP contribution in [-0.2, 0) is 17.8 Å². The van der Waals surface area contributed by atoms with E-state index in [9.17, 15) is 9.59 Å². The number of aryl methyl sites for hydroxylation is 1. The topological polar surface area (TPSA) is 86.9 Å². The van der Waals surface area contributed by atoms with Crippen molar-refractivity contribution < 1.29 is 9.59 Å². The second-order valence-corrected chi connectivity index (χ2v) is 5.81. The number of nitrogens with zero attached hydrogens (tertiary/aromatic N) is 1. The van der Waals surface area contributed by atoms with Crippen molar-refractivity contribution in [2.75, 3.05) is 5.32 Å². The van der Waals surface area contributed by atoms with Crippen molar-refractivity contribution in [3.8, 4) is 0 Å². The Morgan fingerprint density at radius 1 is 1.25 bits per heavy atom. The van der Waals surface area contributed by atoms with Crippen molar-refractivity contribution >= 4 is 17.5 Å². The maximum absolute atomic E-state index is 12.1. The number of anilines is 1. The third-order valence-electron chi connectivity index (χ3n) is 3.95. The van der Waals surface area contributed by atoms with Crippen molar-refractivity contribution in [2.24, 2.45) is 5.92 Å². The fraction of sp³-hybridized carbons (Fsp3) is 0.389. The Hall–Kier alpha value is -2.63. The molecule has 0 saturated heterocycles. The number of hydrogen-bond donors (Lipinski definition) is 3. The molecule has 0 aliphatic rings. The van der Waals surface area contributed by atoms with Crippen LogP contribution in [0.3, 0.4) is 0 Å². The van der Waals surface area contributed by atoms with Gasteiger partial charge >= 0.3 is 0 Å². The van der Waals surface area contributed by atoms with Crippen molar-refractivity contribution in [3.63, 3.8) is 0 Å². The van der Waals surface area contributed by atoms with E-state index in [0.29, 0.717) is 12.2 Å². The first-order valence-corrected chi connectivity index (χ1v) is 8.25. The van der Waals surface area contributed by atoms with Crippen LogP contribution in [0, 0.1) is 5.92 Å². The molecule has 2 amide bonds. The van der Waals surface area contributed by atoms with E-state index in [2.05, 4.69) is 20.8 Å². The van der Waals surface area contributed by atoms with E-state index in [0.717, 1.165) is 29.8 Å². The molecular formula is C18H24N4O2. The van der Waals surface area contributed by atoms with Gasteiger partial charge in [0.05, 0.1) is 0 Å². The Bertz CT molecular complexity index is 709. The molecular weight excluding hydrogens is 304 g/mol. The van der Waals surface area contributed by atoms with Crippen LogP contribution < -0.4 is 10.6 Å². The molecule has 0 radical (unpaired) electrons. The van der Waals surface area contributed by atoms with Gasteiger partial charge in [0.1, 0.15) is 5.69 Å². The number of nitrogens with one attached hydrogen (secondary N) is 3. The standard InChI is InChI=1S/C18H24N4O2/c1-4-12(3)17(23)20-15-8-6-7-13(9-15)11-19-18(24)16-10-14(5-2)21-22-16/h6-10,12H,4-5,11H2,1-3H3,(H,19,24)(H,20,23)(H,21,22). The van der Waals surface area contributed by atoms with E-state index in [1.807, 2.05) is 45.0 Å². The Labute approximate surface area is 142 Å². The number of carbonyl (C=O) groups excluding carboxylic acids is 2. The van der Waals surface area contributed by atoms with E-state index < -0.39 is 0 Å². The highest BCUT2D eigenvalue weighted by atomic mass is 16.2. The highest BCUT2D eigenvalue weighted by molar-refractivity contribution is 5.93. The average Bonchev–Trinajstić information content (AvgIpc) is 3.08. The zero-order valence-corrected chi connectivity index (χ0v) is 14.3. The molecule has 1 atom stereocenters. The SMILES string of the molecule is CCc1cc(C(=O)NCc2cccc(NC(=O)C(C)CC)c2)n[nH]1. The number of hydrogen-bond acceptors (Lipinski definition) is 3. The number of H-pyrrole nitrogens is 1. The van der Waals surface area contributed by atoms with Crippen molar-refractivity contribution in [1.29, 1.82) is 0 Å². The molecule has 1 unspecified atom stereocenters. The molecule has 0 aliphatic heterocycles. The second kappa shape index (κ2) is 8.29. The fourth-order valence-electron chi connectivity index (χ4n) is 2.14. The Balaban J connectivity index is 1.94. The first kappa shape index (κ1) is 17.7. The van der Waals surface area contributed by atoms with Crippen LogP contribution in [-0.4, -0.2) is 22.0 Å². The molecule has 6 nitrogen and oxygen atoms in total. The number of aromatic amines is 1. The van der Waals surface area contributed by atoms with Gasteiger partial charge < -0.3 is 10.6 Å². The Morgan fingerprint density at radius 2 is 2.04 bits per heavy atom. The summed E-state index contributed by atoms with van der Waals surface area (Å²) in [6, 6.07) is 9.21. The summed E-state index contributed by atoms with van der Waals surface area (Å²) in [6.45, 7) is 6.25. The van der Waals surface area contributed by atoms with Gasteiger partial charge in [0, 0.05) is 23.8 Å². The molecule has 1 aromatic carbocycles. The maximum atomic E-state index is 12.1. The lowest BCUT2D eigenvalue weighted by Gasteiger charge is -2.11. The number of amides is 2. The molecule has 24 heavy (non-hydrogen) atoms. The first-order chi connectivity index (χ1) is 11.5.